The first-order chi connectivity index (χ1) is 9.98. The molecule has 1 aromatic carbocycles. The lowest BCUT2D eigenvalue weighted by Crippen LogP contribution is -2.38. The van der Waals surface area contributed by atoms with Crippen molar-refractivity contribution in [2.45, 2.75) is 33.1 Å². The van der Waals surface area contributed by atoms with Gasteiger partial charge in [-0.1, -0.05) is 26.0 Å². The van der Waals surface area contributed by atoms with Crippen LogP contribution < -0.4 is 4.74 Å². The Morgan fingerprint density at radius 2 is 1.95 bits per heavy atom. The van der Waals surface area contributed by atoms with Gasteiger partial charge in [-0.2, -0.15) is 0 Å². The summed E-state index contributed by atoms with van der Waals surface area (Å²) in [4.78, 5) is 13.5. The van der Waals surface area contributed by atoms with Gasteiger partial charge < -0.3 is 14.7 Å². The zero-order valence-electron chi connectivity index (χ0n) is 13.0. The summed E-state index contributed by atoms with van der Waals surface area (Å²) in [7, 11) is 0. The molecular weight excluding hydrogens is 266 g/mol. The highest BCUT2D eigenvalue weighted by Gasteiger charge is 2.24. The normalized spacial score (nSPS) is 18.4. The molecule has 4 nitrogen and oxygen atoms in total. The van der Waals surface area contributed by atoms with Crippen LogP contribution in [0, 0.1) is 5.41 Å². The quantitative estimate of drug-likeness (QED) is 0.817. The average Bonchev–Trinajstić information content (AvgIpc) is 2.45. The summed E-state index contributed by atoms with van der Waals surface area (Å²) in [5.41, 5.74) is 0.713. The summed E-state index contributed by atoms with van der Waals surface area (Å²) < 4.78 is 5.62. The Kier molecular flexibility index (Phi) is 5.23. The zero-order chi connectivity index (χ0) is 15.3. The molecule has 0 saturated carbocycles. The number of carboxylic acid groups (broad SMARTS) is 1. The highest BCUT2D eigenvalue weighted by molar-refractivity contribution is 5.90. The van der Waals surface area contributed by atoms with Gasteiger partial charge in [0.2, 0.25) is 0 Å². The zero-order valence-corrected chi connectivity index (χ0v) is 13.0. The first kappa shape index (κ1) is 15.8. The van der Waals surface area contributed by atoms with Gasteiger partial charge in [-0.05, 0) is 49.9 Å². The molecule has 2 rings (SSSR count). The van der Waals surface area contributed by atoms with Crippen LogP contribution in [-0.2, 0) is 0 Å². The van der Waals surface area contributed by atoms with Crippen molar-refractivity contribution in [1.82, 2.24) is 4.90 Å². The van der Waals surface area contributed by atoms with Crippen LogP contribution in [0.5, 0.6) is 5.75 Å². The van der Waals surface area contributed by atoms with Crippen LogP contribution in [0.2, 0.25) is 0 Å². The smallest absolute Gasteiger partial charge is 0.339 e. The van der Waals surface area contributed by atoms with Gasteiger partial charge in [0.15, 0.2) is 0 Å². The molecule has 1 aliphatic rings. The number of hydrogen-bond donors (Lipinski definition) is 1. The number of hydrogen-bond acceptors (Lipinski definition) is 3. The molecule has 0 bridgehead atoms. The molecular formula is C17H25NO3. The van der Waals surface area contributed by atoms with E-state index in [0.717, 1.165) is 26.1 Å². The minimum atomic E-state index is -0.941. The Labute approximate surface area is 126 Å². The second kappa shape index (κ2) is 6.94. The number of para-hydroxylation sites is 1. The number of carboxylic acids is 1. The van der Waals surface area contributed by atoms with Gasteiger partial charge in [0.25, 0.3) is 0 Å². The topological polar surface area (TPSA) is 49.8 Å². The number of benzene rings is 1. The van der Waals surface area contributed by atoms with Gasteiger partial charge in [0.1, 0.15) is 11.3 Å². The van der Waals surface area contributed by atoms with Crippen LogP contribution in [-0.4, -0.2) is 42.2 Å². The number of aromatic carboxylic acids is 1. The minimum Gasteiger partial charge on any atom is -0.493 e. The van der Waals surface area contributed by atoms with Gasteiger partial charge >= 0.3 is 5.97 Å². The Morgan fingerprint density at radius 3 is 2.62 bits per heavy atom. The molecule has 1 fully saturated rings. The van der Waals surface area contributed by atoms with E-state index >= 15 is 0 Å². The van der Waals surface area contributed by atoms with Crippen LogP contribution in [0.4, 0.5) is 0 Å². The number of ether oxygens (including phenoxy) is 1. The molecule has 0 aliphatic carbocycles. The molecule has 21 heavy (non-hydrogen) atoms. The van der Waals surface area contributed by atoms with Crippen molar-refractivity contribution in [1.29, 1.82) is 0 Å². The van der Waals surface area contributed by atoms with Crippen molar-refractivity contribution in [2.24, 2.45) is 5.41 Å². The van der Waals surface area contributed by atoms with E-state index in [0.29, 0.717) is 17.8 Å². The monoisotopic (exact) mass is 291 g/mol. The fourth-order valence-electron chi connectivity index (χ4n) is 2.62. The van der Waals surface area contributed by atoms with Gasteiger partial charge in [-0.25, -0.2) is 4.79 Å². The van der Waals surface area contributed by atoms with Crippen LogP contribution in [0.15, 0.2) is 24.3 Å². The molecule has 1 aromatic rings. The Hall–Kier alpha value is -1.55. The summed E-state index contributed by atoms with van der Waals surface area (Å²) in [6.07, 6.45) is 3.42. The maximum Gasteiger partial charge on any atom is 0.339 e. The lowest BCUT2D eigenvalue weighted by Gasteiger charge is -2.36. The Balaban J connectivity index is 1.72. The van der Waals surface area contributed by atoms with E-state index in [9.17, 15) is 4.79 Å². The predicted octanol–water partition coefficient (Wildman–Crippen LogP) is 3.28. The van der Waals surface area contributed by atoms with Crippen molar-refractivity contribution >= 4 is 5.97 Å². The molecule has 0 aromatic heterocycles. The number of likely N-dealkylation sites (tertiary alicyclic amines) is 1. The van der Waals surface area contributed by atoms with E-state index in [2.05, 4.69) is 18.7 Å². The highest BCUT2D eigenvalue weighted by atomic mass is 16.5. The van der Waals surface area contributed by atoms with E-state index in [1.54, 1.807) is 24.3 Å². The van der Waals surface area contributed by atoms with E-state index in [1.807, 2.05) is 0 Å². The van der Waals surface area contributed by atoms with Crippen molar-refractivity contribution in [2.75, 3.05) is 26.2 Å². The van der Waals surface area contributed by atoms with Gasteiger partial charge in [-0.15, -0.1) is 0 Å². The Bertz CT molecular complexity index is 475. The van der Waals surface area contributed by atoms with Gasteiger partial charge in [0, 0.05) is 6.54 Å². The summed E-state index contributed by atoms with van der Waals surface area (Å²) >= 11 is 0. The lowest BCUT2D eigenvalue weighted by atomic mass is 9.83. The number of carbonyl (C=O) groups is 1. The molecule has 0 radical (unpaired) electrons. The molecule has 1 aliphatic heterocycles. The molecule has 116 valence electrons. The van der Waals surface area contributed by atoms with Gasteiger partial charge in [-0.3, -0.25) is 0 Å². The SMILES string of the molecule is CC1(C)CCN(CCCOc2ccccc2C(=O)O)CC1. The highest BCUT2D eigenvalue weighted by Crippen LogP contribution is 2.29. The first-order valence-electron chi connectivity index (χ1n) is 7.65. The largest absolute Gasteiger partial charge is 0.493 e. The fraction of sp³-hybridized carbons (Fsp3) is 0.588. The predicted molar refractivity (Wildman–Crippen MR) is 83.0 cm³/mol. The first-order valence-corrected chi connectivity index (χ1v) is 7.65. The number of rotatable bonds is 6. The van der Waals surface area contributed by atoms with Gasteiger partial charge in [0.05, 0.1) is 6.61 Å². The second-order valence-corrected chi connectivity index (χ2v) is 6.51. The van der Waals surface area contributed by atoms with E-state index in [-0.39, 0.29) is 5.56 Å². The van der Waals surface area contributed by atoms with E-state index in [1.165, 1.54) is 12.8 Å². The van der Waals surface area contributed by atoms with Crippen molar-refractivity contribution in [3.63, 3.8) is 0 Å². The summed E-state index contributed by atoms with van der Waals surface area (Å²) in [5, 5.41) is 9.09. The second-order valence-electron chi connectivity index (χ2n) is 6.51. The third kappa shape index (κ3) is 4.74. The van der Waals surface area contributed by atoms with Crippen LogP contribution >= 0.6 is 0 Å². The molecule has 1 saturated heterocycles. The standard InChI is InChI=1S/C17H25NO3/c1-17(2)8-11-18(12-9-17)10-5-13-21-15-7-4-3-6-14(15)16(19)20/h3-4,6-7H,5,8-13H2,1-2H3,(H,19,20). The lowest BCUT2D eigenvalue weighted by molar-refractivity contribution is 0.0692. The summed E-state index contributed by atoms with van der Waals surface area (Å²) in [6.45, 7) is 8.54. The third-order valence-electron chi connectivity index (χ3n) is 4.20. The third-order valence-corrected chi connectivity index (χ3v) is 4.20. The van der Waals surface area contributed by atoms with Crippen LogP contribution in [0.25, 0.3) is 0 Å². The summed E-state index contributed by atoms with van der Waals surface area (Å²) in [6, 6.07) is 6.80. The molecule has 0 amide bonds. The fourth-order valence-corrected chi connectivity index (χ4v) is 2.62. The molecule has 0 atom stereocenters. The van der Waals surface area contributed by atoms with Crippen molar-refractivity contribution in [3.8, 4) is 5.75 Å². The van der Waals surface area contributed by atoms with E-state index < -0.39 is 5.97 Å². The maximum absolute atomic E-state index is 11.1. The maximum atomic E-state index is 11.1. The number of nitrogens with zero attached hydrogens (tertiary/aromatic N) is 1. The molecule has 1 heterocycles. The molecule has 0 unspecified atom stereocenters. The minimum absolute atomic E-state index is 0.234. The van der Waals surface area contributed by atoms with Crippen LogP contribution in [0.1, 0.15) is 43.5 Å². The molecule has 1 N–H and O–H groups in total. The molecule has 4 heteroatoms. The molecule has 0 spiro atoms. The van der Waals surface area contributed by atoms with Crippen molar-refractivity contribution in [3.05, 3.63) is 29.8 Å². The Morgan fingerprint density at radius 1 is 1.29 bits per heavy atom. The average molecular weight is 291 g/mol. The van der Waals surface area contributed by atoms with Crippen molar-refractivity contribution < 1.29 is 14.6 Å². The van der Waals surface area contributed by atoms with Crippen LogP contribution in [0.3, 0.4) is 0 Å². The summed E-state index contributed by atoms with van der Waals surface area (Å²) in [5.74, 6) is -0.478. The van der Waals surface area contributed by atoms with E-state index in [4.69, 9.17) is 9.84 Å². The number of piperidine rings is 1.